The number of carbonyl (C=O) groups is 1. The highest BCUT2D eigenvalue weighted by Gasteiger charge is 2.21. The zero-order chi connectivity index (χ0) is 12.8. The molecule has 1 saturated heterocycles. The van der Waals surface area contributed by atoms with Gasteiger partial charge in [0, 0.05) is 6.54 Å². The van der Waals surface area contributed by atoms with E-state index in [0.717, 1.165) is 37.4 Å². The van der Waals surface area contributed by atoms with Crippen LogP contribution in [0.25, 0.3) is 0 Å². The van der Waals surface area contributed by atoms with E-state index in [1.54, 1.807) is 0 Å². The van der Waals surface area contributed by atoms with E-state index in [2.05, 4.69) is 10.6 Å². The van der Waals surface area contributed by atoms with Gasteiger partial charge in [-0.15, -0.1) is 0 Å². The van der Waals surface area contributed by atoms with Crippen molar-refractivity contribution in [3.63, 3.8) is 0 Å². The van der Waals surface area contributed by atoms with Crippen LogP contribution in [0.5, 0.6) is 5.75 Å². The van der Waals surface area contributed by atoms with Crippen LogP contribution < -0.4 is 15.4 Å². The van der Waals surface area contributed by atoms with Gasteiger partial charge in [0.05, 0.1) is 18.2 Å². The topological polar surface area (TPSA) is 50.4 Å². The van der Waals surface area contributed by atoms with Gasteiger partial charge in [-0.2, -0.15) is 0 Å². The summed E-state index contributed by atoms with van der Waals surface area (Å²) in [6.45, 7) is 4.31. The number of para-hydroxylation sites is 2. The highest BCUT2D eigenvalue weighted by Crippen LogP contribution is 2.24. The Morgan fingerprint density at radius 3 is 3.06 bits per heavy atom. The number of hydrogen-bond donors (Lipinski definition) is 2. The van der Waals surface area contributed by atoms with E-state index in [1.165, 1.54) is 0 Å². The van der Waals surface area contributed by atoms with Crippen LogP contribution >= 0.6 is 0 Å². The summed E-state index contributed by atoms with van der Waals surface area (Å²) in [7, 11) is 0. The monoisotopic (exact) mass is 248 g/mol. The summed E-state index contributed by atoms with van der Waals surface area (Å²) in [5.41, 5.74) is 0.759. The Labute approximate surface area is 108 Å². The Kier molecular flexibility index (Phi) is 4.59. The molecule has 1 aliphatic heterocycles. The van der Waals surface area contributed by atoms with Gasteiger partial charge in [0.2, 0.25) is 5.91 Å². The summed E-state index contributed by atoms with van der Waals surface area (Å²) in [5.74, 6) is 0.875. The minimum atomic E-state index is 0.0634. The average Bonchev–Trinajstić information content (AvgIpc) is 2.42. The molecule has 0 radical (unpaired) electrons. The van der Waals surface area contributed by atoms with Crippen LogP contribution in [0.15, 0.2) is 24.3 Å². The molecule has 0 spiro atoms. The fourth-order valence-corrected chi connectivity index (χ4v) is 2.16. The molecule has 4 nitrogen and oxygen atoms in total. The first-order valence-corrected chi connectivity index (χ1v) is 6.54. The van der Waals surface area contributed by atoms with Crippen LogP contribution in [0.2, 0.25) is 0 Å². The van der Waals surface area contributed by atoms with Gasteiger partial charge in [0.25, 0.3) is 0 Å². The van der Waals surface area contributed by atoms with Crippen molar-refractivity contribution < 1.29 is 9.53 Å². The van der Waals surface area contributed by atoms with Crippen molar-refractivity contribution in [3.8, 4) is 5.75 Å². The summed E-state index contributed by atoms with van der Waals surface area (Å²) in [5, 5.41) is 6.21. The van der Waals surface area contributed by atoms with Crippen molar-refractivity contribution in [2.45, 2.75) is 19.8 Å². The summed E-state index contributed by atoms with van der Waals surface area (Å²) >= 11 is 0. The number of anilines is 1. The molecule has 0 aliphatic carbocycles. The lowest BCUT2D eigenvalue weighted by Gasteiger charge is -2.22. The maximum absolute atomic E-state index is 12.1. The lowest BCUT2D eigenvalue weighted by Crippen LogP contribution is -2.37. The zero-order valence-corrected chi connectivity index (χ0v) is 10.7. The molecule has 1 aromatic rings. The Morgan fingerprint density at radius 1 is 1.50 bits per heavy atom. The van der Waals surface area contributed by atoms with Crippen LogP contribution in [0.4, 0.5) is 5.69 Å². The van der Waals surface area contributed by atoms with Gasteiger partial charge < -0.3 is 15.4 Å². The highest BCUT2D eigenvalue weighted by atomic mass is 16.5. The van der Waals surface area contributed by atoms with Crippen molar-refractivity contribution in [2.24, 2.45) is 5.92 Å². The molecule has 0 saturated carbocycles. The number of amides is 1. The van der Waals surface area contributed by atoms with Crippen LogP contribution in [0.3, 0.4) is 0 Å². The van der Waals surface area contributed by atoms with Gasteiger partial charge in [0.15, 0.2) is 0 Å². The molecule has 2 rings (SSSR count). The molecule has 0 bridgehead atoms. The number of ether oxygens (including phenoxy) is 1. The van der Waals surface area contributed by atoms with Gasteiger partial charge in [-0.3, -0.25) is 4.79 Å². The second kappa shape index (κ2) is 6.40. The number of benzene rings is 1. The third kappa shape index (κ3) is 3.23. The Hall–Kier alpha value is -1.55. The van der Waals surface area contributed by atoms with Crippen LogP contribution in [-0.2, 0) is 4.79 Å². The standard InChI is InChI=1S/C14H20N2O2/c1-2-18-13-8-4-3-7-12(13)16-14(17)11-6-5-9-15-10-11/h3-4,7-8,11,15H,2,5-6,9-10H2,1H3,(H,16,17)/t11-/m0/s1. The minimum absolute atomic E-state index is 0.0634. The fraction of sp³-hybridized carbons (Fsp3) is 0.500. The Morgan fingerprint density at radius 2 is 2.33 bits per heavy atom. The summed E-state index contributed by atoms with van der Waals surface area (Å²) in [4.78, 5) is 12.1. The second-order valence-corrected chi connectivity index (χ2v) is 4.46. The van der Waals surface area contributed by atoms with Crippen molar-refractivity contribution in [1.29, 1.82) is 0 Å². The summed E-state index contributed by atoms with van der Waals surface area (Å²) in [6.07, 6.45) is 2.01. The van der Waals surface area contributed by atoms with Crippen molar-refractivity contribution in [2.75, 3.05) is 25.0 Å². The predicted octanol–water partition coefficient (Wildman–Crippen LogP) is 2.02. The van der Waals surface area contributed by atoms with Crippen LogP contribution in [-0.4, -0.2) is 25.6 Å². The third-order valence-electron chi connectivity index (χ3n) is 3.11. The fourth-order valence-electron chi connectivity index (χ4n) is 2.16. The van der Waals surface area contributed by atoms with Crippen molar-refractivity contribution in [3.05, 3.63) is 24.3 Å². The molecule has 1 fully saturated rings. The molecule has 1 aliphatic rings. The van der Waals surface area contributed by atoms with E-state index in [4.69, 9.17) is 4.74 Å². The number of carbonyl (C=O) groups excluding carboxylic acids is 1. The van der Waals surface area contributed by atoms with Crippen molar-refractivity contribution >= 4 is 11.6 Å². The maximum atomic E-state index is 12.1. The van der Waals surface area contributed by atoms with E-state index in [0.29, 0.717) is 6.61 Å². The Bertz CT molecular complexity index is 401. The van der Waals surface area contributed by atoms with E-state index in [1.807, 2.05) is 31.2 Å². The van der Waals surface area contributed by atoms with E-state index in [9.17, 15) is 4.79 Å². The molecule has 1 atom stereocenters. The van der Waals surface area contributed by atoms with Crippen LogP contribution in [0.1, 0.15) is 19.8 Å². The molecular weight excluding hydrogens is 228 g/mol. The first kappa shape index (κ1) is 12.9. The average molecular weight is 248 g/mol. The molecule has 0 unspecified atom stereocenters. The van der Waals surface area contributed by atoms with Gasteiger partial charge in [-0.25, -0.2) is 0 Å². The van der Waals surface area contributed by atoms with Gasteiger partial charge in [0.1, 0.15) is 5.75 Å². The SMILES string of the molecule is CCOc1ccccc1NC(=O)[C@H]1CCCNC1. The quantitative estimate of drug-likeness (QED) is 0.857. The molecule has 98 valence electrons. The molecule has 1 amide bonds. The molecule has 18 heavy (non-hydrogen) atoms. The lowest BCUT2D eigenvalue weighted by atomic mass is 9.99. The van der Waals surface area contributed by atoms with Gasteiger partial charge in [-0.1, -0.05) is 12.1 Å². The summed E-state index contributed by atoms with van der Waals surface area (Å²) in [6, 6.07) is 7.55. The van der Waals surface area contributed by atoms with E-state index in [-0.39, 0.29) is 11.8 Å². The Balaban J connectivity index is 2.01. The highest BCUT2D eigenvalue weighted by molar-refractivity contribution is 5.94. The smallest absolute Gasteiger partial charge is 0.228 e. The number of hydrogen-bond acceptors (Lipinski definition) is 3. The molecule has 1 aromatic carbocycles. The minimum Gasteiger partial charge on any atom is -0.492 e. The van der Waals surface area contributed by atoms with E-state index < -0.39 is 0 Å². The molecular formula is C14H20N2O2. The van der Waals surface area contributed by atoms with E-state index >= 15 is 0 Å². The number of rotatable bonds is 4. The zero-order valence-electron chi connectivity index (χ0n) is 10.7. The van der Waals surface area contributed by atoms with Crippen molar-refractivity contribution in [1.82, 2.24) is 5.32 Å². The third-order valence-corrected chi connectivity index (χ3v) is 3.11. The number of nitrogens with one attached hydrogen (secondary N) is 2. The van der Waals surface area contributed by atoms with Crippen LogP contribution in [0, 0.1) is 5.92 Å². The first-order chi connectivity index (χ1) is 8.81. The first-order valence-electron chi connectivity index (χ1n) is 6.54. The molecule has 0 aromatic heterocycles. The molecule has 4 heteroatoms. The number of piperidine rings is 1. The maximum Gasteiger partial charge on any atom is 0.228 e. The second-order valence-electron chi connectivity index (χ2n) is 4.46. The van der Waals surface area contributed by atoms with Gasteiger partial charge in [-0.05, 0) is 38.4 Å². The molecule has 1 heterocycles. The lowest BCUT2D eigenvalue weighted by molar-refractivity contribution is -0.120. The predicted molar refractivity (Wildman–Crippen MR) is 71.8 cm³/mol. The molecule has 2 N–H and O–H groups in total. The van der Waals surface area contributed by atoms with Gasteiger partial charge >= 0.3 is 0 Å². The normalized spacial score (nSPS) is 19.3. The summed E-state index contributed by atoms with van der Waals surface area (Å²) < 4.78 is 5.49. The largest absolute Gasteiger partial charge is 0.492 e.